The highest BCUT2D eigenvalue weighted by atomic mass is 32.2. The van der Waals surface area contributed by atoms with Crippen molar-refractivity contribution in [2.45, 2.75) is 10.3 Å². The molecule has 0 aliphatic carbocycles. The van der Waals surface area contributed by atoms with Crippen molar-refractivity contribution in [1.82, 2.24) is 24.6 Å². The molecule has 3 heterocycles. The van der Waals surface area contributed by atoms with Crippen LogP contribution in [0.1, 0.15) is 0 Å². The lowest BCUT2D eigenvalue weighted by molar-refractivity contribution is 0.454. The molecule has 0 spiro atoms. The molecule has 0 amide bonds. The molecule has 0 bridgehead atoms. The van der Waals surface area contributed by atoms with Gasteiger partial charge in [0.2, 0.25) is 16.0 Å². The number of ether oxygens (including phenoxy) is 1. The predicted molar refractivity (Wildman–Crippen MR) is 101 cm³/mol. The van der Waals surface area contributed by atoms with Gasteiger partial charge >= 0.3 is 0 Å². The van der Waals surface area contributed by atoms with Crippen molar-refractivity contribution in [3.63, 3.8) is 0 Å². The van der Waals surface area contributed by atoms with Crippen molar-refractivity contribution < 1.29 is 9.13 Å². The fourth-order valence-corrected chi connectivity index (χ4v) is 4.35. The van der Waals surface area contributed by atoms with Crippen molar-refractivity contribution in [2.24, 2.45) is 0 Å². The van der Waals surface area contributed by atoms with Crippen LogP contribution in [0.4, 0.5) is 4.39 Å². The summed E-state index contributed by atoms with van der Waals surface area (Å²) in [6.45, 7) is 0. The Morgan fingerprint density at radius 1 is 1.00 bits per heavy atom. The Balaban J connectivity index is 1.46. The second kappa shape index (κ2) is 6.60. The lowest BCUT2D eigenvalue weighted by atomic mass is 10.3. The molecule has 2 aromatic carbocycles. The van der Waals surface area contributed by atoms with Gasteiger partial charge in [0.15, 0.2) is 5.16 Å². The van der Waals surface area contributed by atoms with E-state index in [0.717, 1.165) is 15.2 Å². The number of nitrogens with zero attached hydrogens (tertiary/aromatic N) is 5. The van der Waals surface area contributed by atoms with E-state index in [1.807, 2.05) is 22.6 Å². The van der Waals surface area contributed by atoms with Crippen LogP contribution in [0.3, 0.4) is 0 Å². The van der Waals surface area contributed by atoms with Crippen LogP contribution in [0.25, 0.3) is 15.2 Å². The second-order valence-corrected chi connectivity index (χ2v) is 7.45. The number of benzene rings is 2. The standard InChI is InChI=1S/C18H10FN5OS2/c19-11-5-7-12(8-6-11)25-15-9-10-20-16(21-15)27-18-23-22-17-24(18)13-3-1-2-4-14(13)26-17/h1-10H. The van der Waals surface area contributed by atoms with E-state index in [1.165, 1.54) is 23.9 Å². The molecule has 0 atom stereocenters. The Morgan fingerprint density at radius 2 is 1.85 bits per heavy atom. The molecule has 0 fully saturated rings. The number of halogens is 1. The van der Waals surface area contributed by atoms with Crippen LogP contribution in [0, 0.1) is 5.82 Å². The first-order chi connectivity index (χ1) is 13.3. The molecular weight excluding hydrogens is 385 g/mol. The van der Waals surface area contributed by atoms with Gasteiger partial charge in [0.1, 0.15) is 11.6 Å². The minimum atomic E-state index is -0.319. The quantitative estimate of drug-likeness (QED) is 0.407. The number of thiazole rings is 1. The third-order valence-corrected chi connectivity index (χ3v) is 5.58. The predicted octanol–water partition coefficient (Wildman–Crippen LogP) is 4.82. The molecule has 5 rings (SSSR count). The average Bonchev–Trinajstić information content (AvgIpc) is 3.24. The summed E-state index contributed by atoms with van der Waals surface area (Å²) in [6.07, 6.45) is 1.61. The van der Waals surface area contributed by atoms with Gasteiger partial charge in [-0.1, -0.05) is 23.5 Å². The molecule has 0 saturated heterocycles. The number of hydrogen-bond acceptors (Lipinski definition) is 7. The highest BCUT2D eigenvalue weighted by Crippen LogP contribution is 2.32. The first kappa shape index (κ1) is 16.2. The van der Waals surface area contributed by atoms with Gasteiger partial charge < -0.3 is 4.74 Å². The fourth-order valence-electron chi connectivity index (χ4n) is 2.56. The first-order valence-electron chi connectivity index (χ1n) is 7.93. The summed E-state index contributed by atoms with van der Waals surface area (Å²) in [5.74, 6) is 0.551. The maximum absolute atomic E-state index is 13.0. The molecule has 5 aromatic rings. The first-order valence-corrected chi connectivity index (χ1v) is 9.56. The van der Waals surface area contributed by atoms with Crippen LogP contribution in [-0.4, -0.2) is 24.6 Å². The van der Waals surface area contributed by atoms with E-state index < -0.39 is 0 Å². The largest absolute Gasteiger partial charge is 0.439 e. The van der Waals surface area contributed by atoms with Gasteiger partial charge in [-0.15, -0.1) is 10.2 Å². The van der Waals surface area contributed by atoms with Crippen LogP contribution in [0.2, 0.25) is 0 Å². The van der Waals surface area contributed by atoms with Gasteiger partial charge in [-0.2, -0.15) is 4.98 Å². The third kappa shape index (κ3) is 3.11. The van der Waals surface area contributed by atoms with Gasteiger partial charge in [0.25, 0.3) is 0 Å². The average molecular weight is 395 g/mol. The summed E-state index contributed by atoms with van der Waals surface area (Å²) in [6, 6.07) is 15.5. The minimum Gasteiger partial charge on any atom is -0.439 e. The molecule has 132 valence electrons. The zero-order valence-electron chi connectivity index (χ0n) is 13.6. The number of fused-ring (bicyclic) bond motifs is 3. The van der Waals surface area contributed by atoms with E-state index in [2.05, 4.69) is 26.2 Å². The lowest BCUT2D eigenvalue weighted by Gasteiger charge is -2.05. The monoisotopic (exact) mass is 395 g/mol. The fraction of sp³-hybridized carbons (Fsp3) is 0. The normalized spacial score (nSPS) is 11.3. The van der Waals surface area contributed by atoms with Crippen molar-refractivity contribution in [3.8, 4) is 11.6 Å². The second-order valence-electron chi connectivity index (χ2n) is 5.51. The van der Waals surface area contributed by atoms with Crippen LogP contribution in [0.15, 0.2) is 71.1 Å². The molecule has 0 radical (unpaired) electrons. The molecule has 3 aromatic heterocycles. The Bertz CT molecular complexity index is 1250. The van der Waals surface area contributed by atoms with E-state index in [1.54, 1.807) is 35.7 Å². The van der Waals surface area contributed by atoms with Crippen molar-refractivity contribution in [1.29, 1.82) is 0 Å². The number of rotatable bonds is 4. The molecule has 0 unspecified atom stereocenters. The van der Waals surface area contributed by atoms with E-state index in [-0.39, 0.29) is 5.82 Å². The molecule has 0 N–H and O–H groups in total. The van der Waals surface area contributed by atoms with Crippen molar-refractivity contribution in [2.75, 3.05) is 0 Å². The van der Waals surface area contributed by atoms with Gasteiger partial charge in [0.05, 0.1) is 10.2 Å². The molecule has 0 aliphatic rings. The van der Waals surface area contributed by atoms with E-state index in [0.29, 0.717) is 21.9 Å². The van der Waals surface area contributed by atoms with E-state index in [9.17, 15) is 4.39 Å². The number of aromatic nitrogens is 5. The molecular formula is C18H10FN5OS2. The Morgan fingerprint density at radius 3 is 2.74 bits per heavy atom. The third-order valence-electron chi connectivity index (χ3n) is 3.74. The lowest BCUT2D eigenvalue weighted by Crippen LogP contribution is -1.93. The van der Waals surface area contributed by atoms with Gasteiger partial charge in [-0.3, -0.25) is 4.40 Å². The highest BCUT2D eigenvalue weighted by Gasteiger charge is 2.15. The van der Waals surface area contributed by atoms with Crippen LogP contribution in [0.5, 0.6) is 11.6 Å². The van der Waals surface area contributed by atoms with E-state index >= 15 is 0 Å². The van der Waals surface area contributed by atoms with Crippen LogP contribution in [-0.2, 0) is 0 Å². The van der Waals surface area contributed by atoms with Crippen LogP contribution >= 0.6 is 23.1 Å². The SMILES string of the molecule is Fc1ccc(Oc2ccnc(Sc3nnc4sc5ccccc5n34)n2)cc1. The Hall–Kier alpha value is -3.04. The summed E-state index contributed by atoms with van der Waals surface area (Å²) < 4.78 is 21.8. The summed E-state index contributed by atoms with van der Waals surface area (Å²) in [4.78, 5) is 9.49. The number of hydrogen-bond donors (Lipinski definition) is 0. The Labute approximate surface area is 160 Å². The van der Waals surface area contributed by atoms with Crippen molar-refractivity contribution >= 4 is 38.3 Å². The molecule has 0 saturated carbocycles. The van der Waals surface area contributed by atoms with Crippen molar-refractivity contribution in [3.05, 3.63) is 66.6 Å². The minimum absolute atomic E-state index is 0.319. The zero-order valence-corrected chi connectivity index (χ0v) is 15.2. The highest BCUT2D eigenvalue weighted by molar-refractivity contribution is 7.99. The Kier molecular flexibility index (Phi) is 3.95. The summed E-state index contributed by atoms with van der Waals surface area (Å²) in [5, 5.41) is 9.65. The maximum Gasteiger partial charge on any atom is 0.223 e. The molecule has 9 heteroatoms. The summed E-state index contributed by atoms with van der Waals surface area (Å²) >= 11 is 2.88. The summed E-state index contributed by atoms with van der Waals surface area (Å²) in [5.41, 5.74) is 1.05. The molecule has 27 heavy (non-hydrogen) atoms. The van der Waals surface area contributed by atoms with Gasteiger partial charge in [0, 0.05) is 12.3 Å². The molecule has 0 aliphatic heterocycles. The maximum atomic E-state index is 13.0. The van der Waals surface area contributed by atoms with E-state index in [4.69, 9.17) is 4.74 Å². The van der Waals surface area contributed by atoms with Gasteiger partial charge in [-0.05, 0) is 48.2 Å². The number of para-hydroxylation sites is 1. The summed E-state index contributed by atoms with van der Waals surface area (Å²) in [7, 11) is 0. The molecule has 6 nitrogen and oxygen atoms in total. The topological polar surface area (TPSA) is 65.2 Å². The van der Waals surface area contributed by atoms with Gasteiger partial charge in [-0.25, -0.2) is 9.37 Å². The smallest absolute Gasteiger partial charge is 0.223 e. The van der Waals surface area contributed by atoms with Crippen LogP contribution < -0.4 is 4.74 Å². The zero-order chi connectivity index (χ0) is 18.2.